The number of hydrogen-bond donors (Lipinski definition) is 1. The quantitative estimate of drug-likeness (QED) is 0.871. The van der Waals surface area contributed by atoms with Crippen LogP contribution in [0.3, 0.4) is 0 Å². The predicted molar refractivity (Wildman–Crippen MR) is 90.6 cm³/mol. The van der Waals surface area contributed by atoms with Crippen LogP contribution in [0.25, 0.3) is 0 Å². The van der Waals surface area contributed by atoms with Crippen molar-refractivity contribution in [3.8, 4) is 23.0 Å². The number of ether oxygens (including phenoxy) is 6. The summed E-state index contributed by atoms with van der Waals surface area (Å²) < 4.78 is 33.7. The molecule has 4 aliphatic rings. The third kappa shape index (κ3) is 2.32. The number of benzene rings is 2. The van der Waals surface area contributed by atoms with Gasteiger partial charge in [-0.1, -0.05) is 12.1 Å². The molecule has 0 aliphatic carbocycles. The number of aliphatic hydroxyl groups excluding tert-OH is 1. The zero-order valence-corrected chi connectivity index (χ0v) is 14.4. The third-order valence-electron chi connectivity index (χ3n) is 5.77. The van der Waals surface area contributed by atoms with Crippen molar-refractivity contribution in [1.82, 2.24) is 0 Å². The van der Waals surface area contributed by atoms with Crippen LogP contribution in [0.2, 0.25) is 0 Å². The molecule has 0 aromatic heterocycles. The maximum absolute atomic E-state index is 10.6. The molecule has 0 amide bonds. The number of fused-ring (bicyclic) bond motifs is 3. The smallest absolute Gasteiger partial charge is 0.231 e. The van der Waals surface area contributed by atoms with Crippen molar-refractivity contribution in [2.75, 3.05) is 20.2 Å². The first-order chi connectivity index (χ1) is 13.3. The molecule has 0 saturated carbocycles. The summed E-state index contributed by atoms with van der Waals surface area (Å²) in [4.78, 5) is 0. The highest BCUT2D eigenvalue weighted by atomic mass is 16.7. The number of rotatable bonds is 2. The van der Waals surface area contributed by atoms with Gasteiger partial charge in [0, 0.05) is 11.8 Å². The van der Waals surface area contributed by atoms with Crippen LogP contribution in [0.15, 0.2) is 36.4 Å². The summed E-state index contributed by atoms with van der Waals surface area (Å²) >= 11 is 0. The maximum Gasteiger partial charge on any atom is 0.231 e. The van der Waals surface area contributed by atoms with E-state index in [0.29, 0.717) is 18.1 Å². The fraction of sp³-hybridized carbons (Fsp3) is 0.400. The van der Waals surface area contributed by atoms with Gasteiger partial charge >= 0.3 is 0 Å². The van der Waals surface area contributed by atoms with Gasteiger partial charge in [0.05, 0.1) is 18.8 Å². The van der Waals surface area contributed by atoms with Crippen LogP contribution in [-0.4, -0.2) is 31.6 Å². The van der Waals surface area contributed by atoms with Crippen molar-refractivity contribution in [3.05, 3.63) is 47.5 Å². The van der Waals surface area contributed by atoms with Crippen LogP contribution in [0.5, 0.6) is 23.0 Å². The summed E-state index contributed by atoms with van der Waals surface area (Å²) in [6, 6.07) is 11.5. The molecule has 0 unspecified atom stereocenters. The monoisotopic (exact) mass is 370 g/mol. The summed E-state index contributed by atoms with van der Waals surface area (Å²) in [7, 11) is 0. The van der Waals surface area contributed by atoms with Crippen LogP contribution in [0, 0.1) is 11.8 Å². The molecule has 140 valence electrons. The van der Waals surface area contributed by atoms with Crippen LogP contribution in [-0.2, 0) is 9.47 Å². The Hall–Kier alpha value is -2.48. The Morgan fingerprint density at radius 2 is 1.33 bits per heavy atom. The van der Waals surface area contributed by atoms with Gasteiger partial charge in [-0.15, -0.1) is 0 Å². The lowest BCUT2D eigenvalue weighted by molar-refractivity contribution is -0.134. The molecule has 4 aliphatic heterocycles. The van der Waals surface area contributed by atoms with E-state index in [1.54, 1.807) is 0 Å². The molecule has 5 atom stereocenters. The summed E-state index contributed by atoms with van der Waals surface area (Å²) in [6.07, 6.45) is -1.40. The van der Waals surface area contributed by atoms with Gasteiger partial charge in [-0.2, -0.15) is 0 Å². The molecule has 1 N–H and O–H groups in total. The topological polar surface area (TPSA) is 75.6 Å². The highest BCUT2D eigenvalue weighted by molar-refractivity contribution is 5.47. The largest absolute Gasteiger partial charge is 0.454 e. The molecular weight excluding hydrogens is 352 g/mol. The van der Waals surface area contributed by atoms with E-state index in [9.17, 15) is 5.11 Å². The van der Waals surface area contributed by atoms with Crippen LogP contribution in [0.1, 0.15) is 23.3 Å². The lowest BCUT2D eigenvalue weighted by atomic mass is 9.84. The molecule has 7 nitrogen and oxygen atoms in total. The predicted octanol–water partition coefficient (Wildman–Crippen LogP) is 2.54. The second kappa shape index (κ2) is 5.76. The van der Waals surface area contributed by atoms with Gasteiger partial charge < -0.3 is 33.5 Å². The fourth-order valence-electron chi connectivity index (χ4n) is 4.48. The minimum atomic E-state index is -0.900. The minimum Gasteiger partial charge on any atom is -0.454 e. The van der Waals surface area contributed by atoms with Gasteiger partial charge in [-0.05, 0) is 35.4 Å². The second-order valence-electron chi connectivity index (χ2n) is 7.17. The summed E-state index contributed by atoms with van der Waals surface area (Å²) in [5, 5.41) is 10.6. The summed E-state index contributed by atoms with van der Waals surface area (Å²) in [5.41, 5.74) is 1.92. The van der Waals surface area contributed by atoms with E-state index in [0.717, 1.165) is 22.6 Å². The van der Waals surface area contributed by atoms with E-state index < -0.39 is 6.29 Å². The Balaban J connectivity index is 1.30. The summed E-state index contributed by atoms with van der Waals surface area (Å²) in [6.45, 7) is 0.975. The first kappa shape index (κ1) is 15.6. The van der Waals surface area contributed by atoms with E-state index in [2.05, 4.69) is 0 Å². The van der Waals surface area contributed by atoms with Crippen LogP contribution >= 0.6 is 0 Å². The van der Waals surface area contributed by atoms with Crippen molar-refractivity contribution < 1.29 is 33.5 Å². The highest BCUT2D eigenvalue weighted by Gasteiger charge is 2.53. The highest BCUT2D eigenvalue weighted by Crippen LogP contribution is 2.54. The zero-order valence-electron chi connectivity index (χ0n) is 14.4. The SMILES string of the molecule is O[C@@H]1O[C@H](c2ccc3c(c2)OCO3)[C@H]2CO[C@H](c3ccc4c(c3)OCO4)[C@H]21. The Kier molecular flexibility index (Phi) is 3.32. The average molecular weight is 370 g/mol. The normalized spacial score (nSPS) is 32.7. The minimum absolute atomic E-state index is 0.0517. The van der Waals surface area contributed by atoms with E-state index >= 15 is 0 Å². The van der Waals surface area contributed by atoms with E-state index in [1.807, 2.05) is 36.4 Å². The first-order valence-electron chi connectivity index (χ1n) is 9.02. The molecule has 0 spiro atoms. The van der Waals surface area contributed by atoms with Crippen molar-refractivity contribution in [3.63, 3.8) is 0 Å². The van der Waals surface area contributed by atoms with Gasteiger partial charge in [0.25, 0.3) is 0 Å². The van der Waals surface area contributed by atoms with E-state index in [4.69, 9.17) is 28.4 Å². The number of aliphatic hydroxyl groups is 1. The average Bonchev–Trinajstić information content (AvgIpc) is 3.45. The van der Waals surface area contributed by atoms with Crippen LogP contribution in [0.4, 0.5) is 0 Å². The molecule has 2 fully saturated rings. The molecule has 4 heterocycles. The van der Waals surface area contributed by atoms with Crippen molar-refractivity contribution in [2.45, 2.75) is 18.5 Å². The lowest BCUT2D eigenvalue weighted by Gasteiger charge is -2.20. The standard InChI is InChI=1S/C20H18O7/c21-20-17-12(18(27-20)10-1-3-13-15(5-10)25-8-23-13)7-22-19(17)11-2-4-14-16(6-11)26-9-24-14/h1-6,12,17-21H,7-9H2/t12-,17-,18+,19+,20+/m0/s1. The van der Waals surface area contributed by atoms with Gasteiger partial charge in [0.2, 0.25) is 13.6 Å². The molecular formula is C20H18O7. The zero-order chi connectivity index (χ0) is 18.0. The Bertz CT molecular complexity index is 842. The molecule has 2 saturated heterocycles. The van der Waals surface area contributed by atoms with E-state index in [-0.39, 0.29) is 37.6 Å². The summed E-state index contributed by atoms with van der Waals surface area (Å²) in [5.74, 6) is 2.78. The molecule has 7 heteroatoms. The van der Waals surface area contributed by atoms with Gasteiger partial charge in [-0.25, -0.2) is 0 Å². The molecule has 6 rings (SSSR count). The van der Waals surface area contributed by atoms with E-state index in [1.165, 1.54) is 0 Å². The lowest BCUT2D eigenvalue weighted by Crippen LogP contribution is -2.22. The molecule has 27 heavy (non-hydrogen) atoms. The molecule has 2 aromatic carbocycles. The fourth-order valence-corrected chi connectivity index (χ4v) is 4.48. The Morgan fingerprint density at radius 3 is 2.00 bits per heavy atom. The Morgan fingerprint density at radius 1 is 0.741 bits per heavy atom. The van der Waals surface area contributed by atoms with Crippen LogP contribution < -0.4 is 18.9 Å². The molecule has 2 aromatic rings. The van der Waals surface area contributed by atoms with Gasteiger partial charge in [-0.3, -0.25) is 0 Å². The van der Waals surface area contributed by atoms with Crippen molar-refractivity contribution >= 4 is 0 Å². The van der Waals surface area contributed by atoms with Gasteiger partial charge in [0.15, 0.2) is 29.3 Å². The second-order valence-corrected chi connectivity index (χ2v) is 7.17. The number of hydrogen-bond acceptors (Lipinski definition) is 7. The molecule has 0 radical (unpaired) electrons. The Labute approximate surface area is 155 Å². The first-order valence-corrected chi connectivity index (χ1v) is 9.02. The van der Waals surface area contributed by atoms with Crippen molar-refractivity contribution in [2.24, 2.45) is 11.8 Å². The maximum atomic E-state index is 10.6. The third-order valence-corrected chi connectivity index (χ3v) is 5.77. The van der Waals surface area contributed by atoms with Gasteiger partial charge in [0.1, 0.15) is 0 Å². The molecule has 0 bridgehead atoms. The van der Waals surface area contributed by atoms with Crippen molar-refractivity contribution in [1.29, 1.82) is 0 Å².